The summed E-state index contributed by atoms with van der Waals surface area (Å²) in [6, 6.07) is 22.5. The Kier molecular flexibility index (Phi) is 5.73. The summed E-state index contributed by atoms with van der Waals surface area (Å²) in [5.74, 6) is 0. The van der Waals surface area contributed by atoms with Crippen LogP contribution in [0.3, 0.4) is 0 Å². The SMILES string of the molecule is O=C(NCc1ccccc1)NC1C[C@H]2CCC[C@@H](C1)[NH+]2Cc1ccccc1. The summed E-state index contributed by atoms with van der Waals surface area (Å²) < 4.78 is 0. The zero-order valence-corrected chi connectivity index (χ0v) is 15.9. The van der Waals surface area contributed by atoms with Crippen molar-refractivity contribution in [2.45, 2.75) is 63.3 Å². The highest BCUT2D eigenvalue weighted by Gasteiger charge is 2.42. The van der Waals surface area contributed by atoms with Crippen LogP contribution in [0.4, 0.5) is 4.79 Å². The lowest BCUT2D eigenvalue weighted by atomic mass is 9.81. The first-order chi connectivity index (χ1) is 13.3. The van der Waals surface area contributed by atoms with Gasteiger partial charge in [0.1, 0.15) is 6.54 Å². The number of benzene rings is 2. The minimum atomic E-state index is -0.0339. The summed E-state index contributed by atoms with van der Waals surface area (Å²) in [5.41, 5.74) is 2.56. The molecule has 2 aliphatic heterocycles. The monoisotopic (exact) mass is 364 g/mol. The molecule has 0 saturated carbocycles. The third-order valence-electron chi connectivity index (χ3n) is 6.17. The fourth-order valence-corrected chi connectivity index (χ4v) is 4.89. The predicted molar refractivity (Wildman–Crippen MR) is 107 cm³/mol. The van der Waals surface area contributed by atoms with E-state index < -0.39 is 0 Å². The zero-order chi connectivity index (χ0) is 18.5. The fraction of sp³-hybridized carbons (Fsp3) is 0.435. The molecular formula is C23H30N3O+. The first kappa shape index (κ1) is 18.1. The number of hydrogen-bond donors (Lipinski definition) is 3. The van der Waals surface area contributed by atoms with Gasteiger partial charge in [-0.15, -0.1) is 0 Å². The Morgan fingerprint density at radius 2 is 1.48 bits per heavy atom. The van der Waals surface area contributed by atoms with Gasteiger partial charge >= 0.3 is 6.03 Å². The van der Waals surface area contributed by atoms with Gasteiger partial charge in [0.05, 0.1) is 12.1 Å². The van der Waals surface area contributed by atoms with E-state index >= 15 is 0 Å². The van der Waals surface area contributed by atoms with Crippen LogP contribution in [0.15, 0.2) is 60.7 Å². The number of nitrogens with one attached hydrogen (secondary N) is 3. The van der Waals surface area contributed by atoms with Gasteiger partial charge in [-0.3, -0.25) is 0 Å². The van der Waals surface area contributed by atoms with Crippen LogP contribution in [0.5, 0.6) is 0 Å². The number of amides is 2. The van der Waals surface area contributed by atoms with Crippen molar-refractivity contribution in [3.63, 3.8) is 0 Å². The van der Waals surface area contributed by atoms with E-state index in [1.807, 2.05) is 30.3 Å². The average molecular weight is 365 g/mol. The molecule has 2 bridgehead atoms. The van der Waals surface area contributed by atoms with Gasteiger partial charge in [0.15, 0.2) is 0 Å². The summed E-state index contributed by atoms with van der Waals surface area (Å²) in [5, 5.41) is 6.24. The van der Waals surface area contributed by atoms with Gasteiger partial charge in [0, 0.05) is 31.0 Å². The van der Waals surface area contributed by atoms with Crippen molar-refractivity contribution in [2.75, 3.05) is 0 Å². The second-order valence-corrected chi connectivity index (χ2v) is 8.04. The smallest absolute Gasteiger partial charge is 0.315 e. The summed E-state index contributed by atoms with van der Waals surface area (Å²) in [6.07, 6.45) is 6.08. The molecule has 2 amide bonds. The van der Waals surface area contributed by atoms with Crippen molar-refractivity contribution in [1.29, 1.82) is 0 Å². The normalized spacial score (nSPS) is 27.0. The van der Waals surface area contributed by atoms with Crippen molar-refractivity contribution in [1.82, 2.24) is 10.6 Å². The first-order valence-corrected chi connectivity index (χ1v) is 10.3. The number of hydrogen-bond acceptors (Lipinski definition) is 1. The Morgan fingerprint density at radius 3 is 2.11 bits per heavy atom. The second kappa shape index (κ2) is 8.57. The predicted octanol–water partition coefficient (Wildman–Crippen LogP) is 2.65. The molecule has 2 heterocycles. The quantitative estimate of drug-likeness (QED) is 0.750. The third kappa shape index (κ3) is 4.69. The molecule has 4 atom stereocenters. The Balaban J connectivity index is 1.31. The van der Waals surface area contributed by atoms with E-state index in [-0.39, 0.29) is 6.03 Å². The molecule has 3 N–H and O–H groups in total. The molecule has 0 aromatic heterocycles. The van der Waals surface area contributed by atoms with Crippen LogP contribution in [-0.2, 0) is 13.1 Å². The molecule has 2 fully saturated rings. The molecule has 2 saturated heterocycles. The summed E-state index contributed by atoms with van der Waals surface area (Å²) in [4.78, 5) is 14.1. The Hall–Kier alpha value is -2.33. The van der Waals surface area contributed by atoms with Crippen molar-refractivity contribution in [3.05, 3.63) is 71.8 Å². The molecule has 2 aliphatic rings. The van der Waals surface area contributed by atoms with Crippen molar-refractivity contribution < 1.29 is 9.69 Å². The maximum atomic E-state index is 12.3. The van der Waals surface area contributed by atoms with Gasteiger partial charge in [0.25, 0.3) is 0 Å². The summed E-state index contributed by atoms with van der Waals surface area (Å²) in [6.45, 7) is 1.70. The highest BCUT2D eigenvalue weighted by molar-refractivity contribution is 5.74. The van der Waals surface area contributed by atoms with Crippen LogP contribution in [0, 0.1) is 0 Å². The lowest BCUT2D eigenvalue weighted by Crippen LogP contribution is -3.20. The molecule has 4 nitrogen and oxygen atoms in total. The molecular weight excluding hydrogens is 334 g/mol. The van der Waals surface area contributed by atoms with E-state index in [1.54, 1.807) is 4.90 Å². The number of quaternary nitrogens is 1. The highest BCUT2D eigenvalue weighted by Crippen LogP contribution is 2.22. The Morgan fingerprint density at radius 1 is 0.889 bits per heavy atom. The lowest BCUT2D eigenvalue weighted by Gasteiger charge is -2.46. The summed E-state index contributed by atoms with van der Waals surface area (Å²) in [7, 11) is 0. The molecule has 27 heavy (non-hydrogen) atoms. The van der Waals surface area contributed by atoms with Crippen LogP contribution < -0.4 is 15.5 Å². The van der Waals surface area contributed by atoms with E-state index in [4.69, 9.17) is 0 Å². The topological polar surface area (TPSA) is 45.6 Å². The molecule has 4 heteroatoms. The number of rotatable bonds is 5. The Bertz CT molecular complexity index is 720. The zero-order valence-electron chi connectivity index (χ0n) is 15.9. The van der Waals surface area contributed by atoms with Crippen LogP contribution in [0.2, 0.25) is 0 Å². The van der Waals surface area contributed by atoms with Gasteiger partial charge < -0.3 is 15.5 Å². The molecule has 2 aromatic rings. The molecule has 2 aromatic carbocycles. The maximum absolute atomic E-state index is 12.3. The van der Waals surface area contributed by atoms with E-state index in [0.717, 1.165) is 24.9 Å². The molecule has 4 rings (SSSR count). The number of carbonyl (C=O) groups excluding carboxylic acids is 1. The van der Waals surface area contributed by atoms with E-state index in [1.165, 1.54) is 24.8 Å². The highest BCUT2D eigenvalue weighted by atomic mass is 16.2. The van der Waals surface area contributed by atoms with Crippen molar-refractivity contribution >= 4 is 6.03 Å². The first-order valence-electron chi connectivity index (χ1n) is 10.3. The van der Waals surface area contributed by atoms with Crippen LogP contribution in [0.1, 0.15) is 43.2 Å². The molecule has 2 unspecified atom stereocenters. The summed E-state index contributed by atoms with van der Waals surface area (Å²) >= 11 is 0. The number of fused-ring (bicyclic) bond motifs is 2. The van der Waals surface area contributed by atoms with Crippen molar-refractivity contribution in [3.8, 4) is 0 Å². The second-order valence-electron chi connectivity index (χ2n) is 8.04. The van der Waals surface area contributed by atoms with Gasteiger partial charge in [-0.25, -0.2) is 4.79 Å². The minimum absolute atomic E-state index is 0.0339. The van der Waals surface area contributed by atoms with Crippen molar-refractivity contribution in [2.24, 2.45) is 0 Å². The van der Waals surface area contributed by atoms with Crippen LogP contribution >= 0.6 is 0 Å². The van der Waals surface area contributed by atoms with Crippen LogP contribution in [-0.4, -0.2) is 24.2 Å². The minimum Gasteiger partial charge on any atom is -0.335 e. The van der Waals surface area contributed by atoms with Gasteiger partial charge in [-0.05, 0) is 24.8 Å². The largest absolute Gasteiger partial charge is 0.335 e. The molecule has 0 spiro atoms. The van der Waals surface area contributed by atoms with Crippen LogP contribution in [0.25, 0.3) is 0 Å². The average Bonchev–Trinajstić information content (AvgIpc) is 2.69. The molecule has 0 radical (unpaired) electrons. The lowest BCUT2D eigenvalue weighted by molar-refractivity contribution is -0.973. The van der Waals surface area contributed by atoms with Gasteiger partial charge in [0.2, 0.25) is 0 Å². The number of urea groups is 1. The van der Waals surface area contributed by atoms with Gasteiger partial charge in [-0.2, -0.15) is 0 Å². The third-order valence-corrected chi connectivity index (χ3v) is 6.17. The molecule has 0 aliphatic carbocycles. The standard InChI is InChI=1S/C23H29N3O/c27-23(24-16-18-8-3-1-4-9-18)25-20-14-21-12-7-13-22(15-20)26(21)17-19-10-5-2-6-11-19/h1-6,8-11,20-22H,7,12-17H2,(H2,24,25,27)/p+1/t20?,21-,22+. The Labute approximate surface area is 162 Å². The molecule has 142 valence electrons. The number of carbonyl (C=O) groups is 1. The van der Waals surface area contributed by atoms with Gasteiger partial charge in [-0.1, -0.05) is 60.7 Å². The number of piperidine rings is 2. The maximum Gasteiger partial charge on any atom is 0.315 e. The van der Waals surface area contributed by atoms with E-state index in [0.29, 0.717) is 24.7 Å². The van der Waals surface area contributed by atoms with E-state index in [2.05, 4.69) is 41.0 Å². The fourth-order valence-electron chi connectivity index (χ4n) is 4.89. The van der Waals surface area contributed by atoms with E-state index in [9.17, 15) is 4.79 Å².